The second kappa shape index (κ2) is 8.04. The van der Waals surface area contributed by atoms with Gasteiger partial charge in [-0.25, -0.2) is 0 Å². The molecule has 0 spiro atoms. The molecule has 0 N–H and O–H groups in total. The Kier molecular flexibility index (Phi) is 7.01. The Morgan fingerprint density at radius 2 is 1.62 bits per heavy atom. The van der Waals surface area contributed by atoms with Crippen LogP contribution in [0.3, 0.4) is 0 Å². The lowest BCUT2D eigenvalue weighted by Crippen LogP contribution is -2.40. The molecule has 96 valence electrons. The Labute approximate surface area is 100 Å². The smallest absolute Gasteiger partial charge is 0.170 e. The van der Waals surface area contributed by atoms with Gasteiger partial charge in [0.15, 0.2) is 6.29 Å². The van der Waals surface area contributed by atoms with E-state index in [0.717, 1.165) is 25.8 Å². The molecule has 0 unspecified atom stereocenters. The van der Waals surface area contributed by atoms with Crippen LogP contribution in [-0.4, -0.2) is 44.0 Å². The molecule has 0 saturated heterocycles. The molecule has 0 amide bonds. The quantitative estimate of drug-likeness (QED) is 0.626. The Balaban J connectivity index is 2.30. The van der Waals surface area contributed by atoms with Crippen LogP contribution in [0.5, 0.6) is 0 Å². The van der Waals surface area contributed by atoms with Crippen molar-refractivity contribution in [3.05, 3.63) is 0 Å². The minimum atomic E-state index is -0.0538. The molecule has 0 radical (unpaired) electrons. The van der Waals surface area contributed by atoms with Crippen LogP contribution in [0.2, 0.25) is 0 Å². The SMILES string of the molecule is CCOC(CN(C)C1CCCCC1)OCC. The number of hydrogen-bond acceptors (Lipinski definition) is 3. The maximum absolute atomic E-state index is 5.58. The zero-order chi connectivity index (χ0) is 11.8. The van der Waals surface area contributed by atoms with Gasteiger partial charge in [0.05, 0.1) is 0 Å². The summed E-state index contributed by atoms with van der Waals surface area (Å²) >= 11 is 0. The summed E-state index contributed by atoms with van der Waals surface area (Å²) in [4.78, 5) is 2.41. The third-order valence-corrected chi connectivity index (χ3v) is 3.34. The summed E-state index contributed by atoms with van der Waals surface area (Å²) in [5.74, 6) is 0. The van der Waals surface area contributed by atoms with Crippen molar-refractivity contribution >= 4 is 0 Å². The molecule has 0 bridgehead atoms. The molecule has 1 aliphatic rings. The van der Waals surface area contributed by atoms with E-state index in [0.29, 0.717) is 0 Å². The number of hydrogen-bond donors (Lipinski definition) is 0. The van der Waals surface area contributed by atoms with Gasteiger partial charge in [0.2, 0.25) is 0 Å². The Bertz CT molecular complexity index is 163. The lowest BCUT2D eigenvalue weighted by molar-refractivity contribution is -0.148. The molecule has 3 nitrogen and oxygen atoms in total. The van der Waals surface area contributed by atoms with E-state index in [4.69, 9.17) is 9.47 Å². The standard InChI is InChI=1S/C13H27NO2/c1-4-15-13(16-5-2)11-14(3)12-9-7-6-8-10-12/h12-13H,4-11H2,1-3H3. The van der Waals surface area contributed by atoms with Crippen LogP contribution >= 0.6 is 0 Å². The van der Waals surface area contributed by atoms with Crippen molar-refractivity contribution in [2.45, 2.75) is 58.3 Å². The predicted octanol–water partition coefficient (Wildman–Crippen LogP) is 2.65. The average molecular weight is 229 g/mol. The topological polar surface area (TPSA) is 21.7 Å². The zero-order valence-corrected chi connectivity index (χ0v) is 11.1. The lowest BCUT2D eigenvalue weighted by Gasteiger charge is -2.33. The maximum Gasteiger partial charge on any atom is 0.170 e. The largest absolute Gasteiger partial charge is 0.352 e. The van der Waals surface area contributed by atoms with Crippen LogP contribution in [0.15, 0.2) is 0 Å². The highest BCUT2D eigenvalue weighted by Gasteiger charge is 2.21. The maximum atomic E-state index is 5.58. The van der Waals surface area contributed by atoms with Crippen molar-refractivity contribution in [3.63, 3.8) is 0 Å². The highest BCUT2D eigenvalue weighted by Crippen LogP contribution is 2.21. The van der Waals surface area contributed by atoms with Gasteiger partial charge in [-0.05, 0) is 33.7 Å². The molecule has 0 heterocycles. The second-order valence-corrected chi connectivity index (χ2v) is 4.57. The normalized spacial score (nSPS) is 18.6. The summed E-state index contributed by atoms with van der Waals surface area (Å²) < 4.78 is 11.2. The zero-order valence-electron chi connectivity index (χ0n) is 11.1. The molecule has 0 aromatic heterocycles. The van der Waals surface area contributed by atoms with Gasteiger partial charge in [0.1, 0.15) is 0 Å². The van der Waals surface area contributed by atoms with Crippen molar-refractivity contribution in [3.8, 4) is 0 Å². The highest BCUT2D eigenvalue weighted by molar-refractivity contribution is 4.74. The molecule has 0 aromatic carbocycles. The molecule has 0 aliphatic heterocycles. The number of rotatable bonds is 7. The van der Waals surface area contributed by atoms with Crippen molar-refractivity contribution < 1.29 is 9.47 Å². The number of ether oxygens (including phenoxy) is 2. The first-order valence-electron chi connectivity index (χ1n) is 6.71. The van der Waals surface area contributed by atoms with Crippen LogP contribution < -0.4 is 0 Å². The van der Waals surface area contributed by atoms with E-state index in [9.17, 15) is 0 Å². The molecule has 0 aromatic rings. The summed E-state index contributed by atoms with van der Waals surface area (Å²) in [6.45, 7) is 6.39. The molecule has 3 heteroatoms. The summed E-state index contributed by atoms with van der Waals surface area (Å²) in [7, 11) is 2.20. The van der Waals surface area contributed by atoms with E-state index >= 15 is 0 Å². The highest BCUT2D eigenvalue weighted by atomic mass is 16.7. The van der Waals surface area contributed by atoms with Gasteiger partial charge in [-0.3, -0.25) is 4.90 Å². The Morgan fingerprint density at radius 1 is 1.06 bits per heavy atom. The third-order valence-electron chi connectivity index (χ3n) is 3.34. The third kappa shape index (κ3) is 4.81. The van der Waals surface area contributed by atoms with Gasteiger partial charge in [-0.1, -0.05) is 19.3 Å². The fourth-order valence-corrected chi connectivity index (χ4v) is 2.43. The van der Waals surface area contributed by atoms with Gasteiger partial charge < -0.3 is 9.47 Å². The summed E-state index contributed by atoms with van der Waals surface area (Å²) in [5.41, 5.74) is 0. The summed E-state index contributed by atoms with van der Waals surface area (Å²) in [5, 5.41) is 0. The van der Waals surface area contributed by atoms with Gasteiger partial charge in [0, 0.05) is 25.8 Å². The van der Waals surface area contributed by atoms with Crippen molar-refractivity contribution in [1.82, 2.24) is 4.90 Å². The Morgan fingerprint density at radius 3 is 2.12 bits per heavy atom. The molecule has 16 heavy (non-hydrogen) atoms. The number of likely N-dealkylation sites (N-methyl/N-ethyl adjacent to an activating group) is 1. The van der Waals surface area contributed by atoms with Crippen LogP contribution in [-0.2, 0) is 9.47 Å². The van der Waals surface area contributed by atoms with Crippen molar-refractivity contribution in [2.75, 3.05) is 26.8 Å². The van der Waals surface area contributed by atoms with E-state index in [1.165, 1.54) is 32.1 Å². The minimum absolute atomic E-state index is 0.0538. The van der Waals surface area contributed by atoms with E-state index in [-0.39, 0.29) is 6.29 Å². The first-order chi connectivity index (χ1) is 7.77. The minimum Gasteiger partial charge on any atom is -0.352 e. The molecular weight excluding hydrogens is 202 g/mol. The first kappa shape index (κ1) is 13.9. The summed E-state index contributed by atoms with van der Waals surface area (Å²) in [6, 6.07) is 0.733. The van der Waals surface area contributed by atoms with E-state index in [1.54, 1.807) is 0 Å². The Hall–Kier alpha value is -0.120. The molecule has 1 fully saturated rings. The van der Waals surface area contributed by atoms with Crippen LogP contribution in [0.1, 0.15) is 46.0 Å². The summed E-state index contributed by atoms with van der Waals surface area (Å²) in [6.07, 6.45) is 6.78. The predicted molar refractivity (Wildman–Crippen MR) is 66.5 cm³/mol. The van der Waals surface area contributed by atoms with Gasteiger partial charge in [-0.2, -0.15) is 0 Å². The van der Waals surface area contributed by atoms with Crippen LogP contribution in [0.4, 0.5) is 0 Å². The number of nitrogens with zero attached hydrogens (tertiary/aromatic N) is 1. The average Bonchev–Trinajstić information content (AvgIpc) is 2.31. The molecule has 1 rings (SSSR count). The van der Waals surface area contributed by atoms with Gasteiger partial charge in [0.25, 0.3) is 0 Å². The molecule has 1 saturated carbocycles. The fourth-order valence-electron chi connectivity index (χ4n) is 2.43. The first-order valence-corrected chi connectivity index (χ1v) is 6.71. The molecule has 1 aliphatic carbocycles. The van der Waals surface area contributed by atoms with Crippen molar-refractivity contribution in [1.29, 1.82) is 0 Å². The molecular formula is C13H27NO2. The molecule has 0 atom stereocenters. The van der Waals surface area contributed by atoms with Crippen LogP contribution in [0.25, 0.3) is 0 Å². The van der Waals surface area contributed by atoms with Gasteiger partial charge in [-0.15, -0.1) is 0 Å². The van der Waals surface area contributed by atoms with Crippen LogP contribution in [0, 0.1) is 0 Å². The van der Waals surface area contributed by atoms with E-state index < -0.39 is 0 Å². The monoisotopic (exact) mass is 229 g/mol. The lowest BCUT2D eigenvalue weighted by atomic mass is 9.94. The van der Waals surface area contributed by atoms with Gasteiger partial charge >= 0.3 is 0 Å². The van der Waals surface area contributed by atoms with Crippen molar-refractivity contribution in [2.24, 2.45) is 0 Å². The van der Waals surface area contributed by atoms with E-state index in [1.807, 2.05) is 13.8 Å². The second-order valence-electron chi connectivity index (χ2n) is 4.57. The fraction of sp³-hybridized carbons (Fsp3) is 1.00. The van der Waals surface area contributed by atoms with E-state index in [2.05, 4.69) is 11.9 Å².